The molecule has 2 aromatic rings. The molecule has 24 heavy (non-hydrogen) atoms. The smallest absolute Gasteiger partial charge is 0.229 e. The Morgan fingerprint density at radius 2 is 2.12 bits per heavy atom. The maximum absolute atomic E-state index is 12.4. The van der Waals surface area contributed by atoms with Gasteiger partial charge in [-0.1, -0.05) is 13.8 Å². The predicted molar refractivity (Wildman–Crippen MR) is 97.6 cm³/mol. The number of hydrogen-bond donors (Lipinski definition) is 2. The molecule has 3 rings (SSSR count). The van der Waals surface area contributed by atoms with Crippen LogP contribution in [0.5, 0.6) is 5.75 Å². The minimum atomic E-state index is 0.00432. The van der Waals surface area contributed by atoms with E-state index in [9.17, 15) is 4.79 Å². The SMILES string of the molecule is CCc1sc(NC(=O)C(C)C2CNC2)nc1-c1ccc(OC)cc1. The Balaban J connectivity index is 1.77. The second-order valence-corrected chi connectivity index (χ2v) is 7.15. The largest absolute Gasteiger partial charge is 0.497 e. The van der Waals surface area contributed by atoms with Gasteiger partial charge in [0.1, 0.15) is 5.75 Å². The molecule has 1 fully saturated rings. The second kappa shape index (κ2) is 7.32. The highest BCUT2D eigenvalue weighted by molar-refractivity contribution is 7.16. The number of rotatable bonds is 6. The van der Waals surface area contributed by atoms with Gasteiger partial charge in [0.15, 0.2) is 5.13 Å². The lowest BCUT2D eigenvalue weighted by atomic mass is 9.88. The van der Waals surface area contributed by atoms with Crippen molar-refractivity contribution in [3.05, 3.63) is 29.1 Å². The summed E-state index contributed by atoms with van der Waals surface area (Å²) in [6.45, 7) is 5.93. The number of amides is 1. The van der Waals surface area contributed by atoms with Crippen molar-refractivity contribution in [2.45, 2.75) is 20.3 Å². The Morgan fingerprint density at radius 3 is 2.67 bits per heavy atom. The quantitative estimate of drug-likeness (QED) is 0.844. The Hall–Kier alpha value is -1.92. The zero-order valence-corrected chi connectivity index (χ0v) is 15.1. The van der Waals surface area contributed by atoms with Gasteiger partial charge in [0.25, 0.3) is 0 Å². The van der Waals surface area contributed by atoms with Crippen LogP contribution in [0.2, 0.25) is 0 Å². The monoisotopic (exact) mass is 345 g/mol. The minimum Gasteiger partial charge on any atom is -0.497 e. The van der Waals surface area contributed by atoms with Crippen molar-refractivity contribution >= 4 is 22.4 Å². The summed E-state index contributed by atoms with van der Waals surface area (Å²) in [7, 11) is 1.65. The van der Waals surface area contributed by atoms with Crippen LogP contribution in [-0.2, 0) is 11.2 Å². The summed E-state index contributed by atoms with van der Waals surface area (Å²) in [6, 6.07) is 7.86. The van der Waals surface area contributed by atoms with E-state index >= 15 is 0 Å². The topological polar surface area (TPSA) is 63.2 Å². The van der Waals surface area contributed by atoms with Crippen molar-refractivity contribution < 1.29 is 9.53 Å². The van der Waals surface area contributed by atoms with E-state index in [0.29, 0.717) is 11.0 Å². The van der Waals surface area contributed by atoms with Gasteiger partial charge in [-0.25, -0.2) is 4.98 Å². The number of methoxy groups -OCH3 is 1. The predicted octanol–water partition coefficient (Wildman–Crippen LogP) is 3.18. The Kier molecular flexibility index (Phi) is 5.16. The van der Waals surface area contributed by atoms with E-state index in [4.69, 9.17) is 4.74 Å². The number of thiazole rings is 1. The van der Waals surface area contributed by atoms with Crippen LogP contribution < -0.4 is 15.4 Å². The zero-order valence-electron chi connectivity index (χ0n) is 14.3. The Morgan fingerprint density at radius 1 is 1.42 bits per heavy atom. The Bertz CT molecular complexity index is 708. The molecule has 1 aliphatic rings. The lowest BCUT2D eigenvalue weighted by Gasteiger charge is -2.31. The van der Waals surface area contributed by atoms with Gasteiger partial charge in [-0.05, 0) is 49.7 Å². The highest BCUT2D eigenvalue weighted by Crippen LogP contribution is 2.33. The zero-order chi connectivity index (χ0) is 17.1. The molecule has 0 spiro atoms. The molecule has 1 atom stereocenters. The maximum Gasteiger partial charge on any atom is 0.229 e. The normalized spacial score (nSPS) is 15.6. The van der Waals surface area contributed by atoms with Crippen molar-refractivity contribution in [2.75, 3.05) is 25.5 Å². The van der Waals surface area contributed by atoms with Crippen molar-refractivity contribution in [3.63, 3.8) is 0 Å². The average molecular weight is 345 g/mol. The lowest BCUT2D eigenvalue weighted by molar-refractivity contribution is -0.121. The summed E-state index contributed by atoms with van der Waals surface area (Å²) in [6.07, 6.45) is 0.886. The van der Waals surface area contributed by atoms with Crippen molar-refractivity contribution in [1.82, 2.24) is 10.3 Å². The van der Waals surface area contributed by atoms with Crippen LogP contribution in [0, 0.1) is 11.8 Å². The standard InChI is InChI=1S/C18H23N3O2S/c1-4-15-16(12-5-7-14(23-3)8-6-12)20-18(24-15)21-17(22)11(2)13-9-19-10-13/h5-8,11,13,19H,4,9-10H2,1-3H3,(H,20,21,22). The summed E-state index contributed by atoms with van der Waals surface area (Å²) >= 11 is 1.56. The van der Waals surface area contributed by atoms with Gasteiger partial charge < -0.3 is 15.4 Å². The number of carbonyl (C=O) groups is 1. The third-order valence-corrected chi connectivity index (χ3v) is 5.66. The fourth-order valence-corrected chi connectivity index (χ4v) is 3.64. The first-order valence-corrected chi connectivity index (χ1v) is 9.09. The molecule has 1 saturated heterocycles. The van der Waals surface area contributed by atoms with Gasteiger partial charge in [0, 0.05) is 16.4 Å². The average Bonchev–Trinajstić information content (AvgIpc) is 2.96. The van der Waals surface area contributed by atoms with Crippen LogP contribution in [0.4, 0.5) is 5.13 Å². The molecule has 1 aromatic carbocycles. The summed E-state index contributed by atoms with van der Waals surface area (Å²) in [4.78, 5) is 18.2. The molecule has 0 radical (unpaired) electrons. The molecule has 0 saturated carbocycles. The summed E-state index contributed by atoms with van der Waals surface area (Å²) < 4.78 is 5.20. The molecular weight excluding hydrogens is 322 g/mol. The molecule has 128 valence electrons. The first-order valence-electron chi connectivity index (χ1n) is 8.28. The summed E-state index contributed by atoms with van der Waals surface area (Å²) in [5.74, 6) is 1.31. The third kappa shape index (κ3) is 3.44. The molecule has 0 aliphatic carbocycles. The molecule has 1 unspecified atom stereocenters. The molecule has 1 amide bonds. The number of ether oxygens (including phenoxy) is 1. The third-order valence-electron chi connectivity index (χ3n) is 4.55. The van der Waals surface area contributed by atoms with Gasteiger partial charge >= 0.3 is 0 Å². The molecular formula is C18H23N3O2S. The van der Waals surface area contributed by atoms with Gasteiger partial charge in [0.2, 0.25) is 5.91 Å². The van der Waals surface area contributed by atoms with E-state index in [0.717, 1.165) is 36.5 Å². The van der Waals surface area contributed by atoms with Crippen molar-refractivity contribution in [1.29, 1.82) is 0 Å². The number of aromatic nitrogens is 1. The van der Waals surface area contributed by atoms with Gasteiger partial charge in [-0.3, -0.25) is 4.79 Å². The van der Waals surface area contributed by atoms with E-state index in [1.54, 1.807) is 18.4 Å². The number of nitrogens with one attached hydrogen (secondary N) is 2. The molecule has 5 nitrogen and oxygen atoms in total. The van der Waals surface area contributed by atoms with Crippen LogP contribution >= 0.6 is 11.3 Å². The number of benzene rings is 1. The number of aryl methyl sites for hydroxylation is 1. The van der Waals surface area contributed by atoms with Crippen LogP contribution in [0.1, 0.15) is 18.7 Å². The molecule has 2 N–H and O–H groups in total. The molecule has 1 aliphatic heterocycles. The fourth-order valence-electron chi connectivity index (χ4n) is 2.72. The van der Waals surface area contributed by atoms with Gasteiger partial charge in [0.05, 0.1) is 12.8 Å². The van der Waals surface area contributed by atoms with Crippen LogP contribution in [0.15, 0.2) is 24.3 Å². The van der Waals surface area contributed by atoms with Crippen LogP contribution in [-0.4, -0.2) is 31.1 Å². The summed E-state index contributed by atoms with van der Waals surface area (Å²) in [5, 5.41) is 6.89. The molecule has 0 bridgehead atoms. The van der Waals surface area contributed by atoms with Crippen molar-refractivity contribution in [2.24, 2.45) is 11.8 Å². The lowest BCUT2D eigenvalue weighted by Crippen LogP contribution is -2.48. The van der Waals surface area contributed by atoms with E-state index < -0.39 is 0 Å². The fraction of sp³-hybridized carbons (Fsp3) is 0.444. The number of hydrogen-bond acceptors (Lipinski definition) is 5. The molecule has 2 heterocycles. The van der Waals surface area contributed by atoms with Gasteiger partial charge in [-0.15, -0.1) is 11.3 Å². The molecule has 1 aromatic heterocycles. The van der Waals surface area contributed by atoms with E-state index in [1.807, 2.05) is 31.2 Å². The Labute approximate surface area is 146 Å². The van der Waals surface area contributed by atoms with Crippen molar-refractivity contribution in [3.8, 4) is 17.0 Å². The van der Waals surface area contributed by atoms with Crippen LogP contribution in [0.25, 0.3) is 11.3 Å². The van der Waals surface area contributed by atoms with E-state index in [1.165, 1.54) is 4.88 Å². The first kappa shape index (κ1) is 16.9. The highest BCUT2D eigenvalue weighted by Gasteiger charge is 2.29. The molecule has 6 heteroatoms. The summed E-state index contributed by atoms with van der Waals surface area (Å²) in [5.41, 5.74) is 1.99. The van der Waals surface area contributed by atoms with E-state index in [-0.39, 0.29) is 11.8 Å². The van der Waals surface area contributed by atoms with Crippen LogP contribution in [0.3, 0.4) is 0 Å². The van der Waals surface area contributed by atoms with E-state index in [2.05, 4.69) is 22.5 Å². The van der Waals surface area contributed by atoms with Gasteiger partial charge in [-0.2, -0.15) is 0 Å². The maximum atomic E-state index is 12.4. The number of anilines is 1. The highest BCUT2D eigenvalue weighted by atomic mass is 32.1. The number of carbonyl (C=O) groups excluding carboxylic acids is 1. The second-order valence-electron chi connectivity index (χ2n) is 6.07. The number of nitrogens with zero attached hydrogens (tertiary/aromatic N) is 1. The minimum absolute atomic E-state index is 0.00432. The first-order chi connectivity index (χ1) is 11.6.